The molecule has 2 heterocycles. The molecule has 82 valence electrons. The van der Waals surface area contributed by atoms with Gasteiger partial charge in [0.05, 0.1) is 5.52 Å². The van der Waals surface area contributed by atoms with Gasteiger partial charge in [0.15, 0.2) is 0 Å². The van der Waals surface area contributed by atoms with Crippen LogP contribution in [0.1, 0.15) is 27.7 Å². The number of fused-ring (bicyclic) bond motifs is 1. The molecule has 2 aromatic heterocycles. The van der Waals surface area contributed by atoms with Crippen molar-refractivity contribution in [2.45, 2.75) is 27.7 Å². The predicted molar refractivity (Wildman–Crippen MR) is 65.1 cm³/mol. The van der Waals surface area contributed by atoms with E-state index in [4.69, 9.17) is 0 Å². The first-order valence-corrected chi connectivity index (χ1v) is 5.30. The van der Waals surface area contributed by atoms with Crippen LogP contribution in [0.2, 0.25) is 0 Å². The second-order valence-corrected chi connectivity index (χ2v) is 2.24. The number of rotatable bonds is 0. The summed E-state index contributed by atoms with van der Waals surface area (Å²) in [7, 11) is 0. The van der Waals surface area contributed by atoms with Crippen LogP contribution in [-0.4, -0.2) is 9.97 Å². The summed E-state index contributed by atoms with van der Waals surface area (Å²) < 4.78 is 0. The molecule has 0 aliphatic heterocycles. The highest BCUT2D eigenvalue weighted by Crippen LogP contribution is 1.99. The molecule has 0 fully saturated rings. The van der Waals surface area contributed by atoms with E-state index in [1.54, 1.807) is 18.5 Å². The third kappa shape index (κ3) is 3.54. The second-order valence-electron chi connectivity index (χ2n) is 2.24. The first-order chi connectivity index (χ1) is 7.38. The molecular formula is C12H18N2O. The SMILES string of the molecule is CC.CC.O=c1cc[nH]c2cccnc12. The molecule has 0 atom stereocenters. The summed E-state index contributed by atoms with van der Waals surface area (Å²) in [6, 6.07) is 5.08. The van der Waals surface area contributed by atoms with Crippen molar-refractivity contribution in [1.82, 2.24) is 9.97 Å². The Morgan fingerprint density at radius 2 is 1.80 bits per heavy atom. The van der Waals surface area contributed by atoms with Crippen molar-refractivity contribution >= 4 is 11.0 Å². The van der Waals surface area contributed by atoms with Gasteiger partial charge < -0.3 is 4.98 Å². The molecule has 15 heavy (non-hydrogen) atoms. The Labute approximate surface area is 90.2 Å². The van der Waals surface area contributed by atoms with Gasteiger partial charge in [0.2, 0.25) is 5.43 Å². The number of aromatic amines is 1. The molecule has 0 bridgehead atoms. The Bertz CT molecular complexity index is 429. The number of hydrogen-bond acceptors (Lipinski definition) is 2. The smallest absolute Gasteiger partial charge is 0.207 e. The quantitative estimate of drug-likeness (QED) is 0.720. The standard InChI is InChI=1S/C8H6N2O.2C2H6/c11-7-3-5-9-6-2-1-4-10-8(6)7;2*1-2/h1-5H,(H,9,11);2*1-2H3. The molecule has 0 aromatic carbocycles. The van der Waals surface area contributed by atoms with E-state index in [0.717, 1.165) is 5.52 Å². The Morgan fingerprint density at radius 3 is 2.40 bits per heavy atom. The van der Waals surface area contributed by atoms with Gasteiger partial charge in [-0.05, 0) is 12.1 Å². The number of pyridine rings is 2. The van der Waals surface area contributed by atoms with Gasteiger partial charge in [0, 0.05) is 18.5 Å². The van der Waals surface area contributed by atoms with Crippen LogP contribution in [0.15, 0.2) is 35.4 Å². The molecule has 2 rings (SSSR count). The number of nitrogens with one attached hydrogen (secondary N) is 1. The van der Waals surface area contributed by atoms with E-state index >= 15 is 0 Å². The highest BCUT2D eigenvalue weighted by molar-refractivity contribution is 5.72. The van der Waals surface area contributed by atoms with E-state index < -0.39 is 0 Å². The molecule has 0 radical (unpaired) electrons. The molecule has 0 unspecified atom stereocenters. The van der Waals surface area contributed by atoms with Crippen molar-refractivity contribution in [2.24, 2.45) is 0 Å². The van der Waals surface area contributed by atoms with Gasteiger partial charge in [0.1, 0.15) is 5.52 Å². The Hall–Kier alpha value is -1.64. The molecule has 0 saturated carbocycles. The largest absolute Gasteiger partial charge is 0.360 e. The van der Waals surface area contributed by atoms with Crippen molar-refractivity contribution in [3.63, 3.8) is 0 Å². The maximum atomic E-state index is 11.1. The zero-order valence-electron chi connectivity index (χ0n) is 9.74. The minimum atomic E-state index is -0.0423. The maximum Gasteiger partial charge on any atom is 0.207 e. The Kier molecular flexibility index (Phi) is 6.89. The minimum absolute atomic E-state index is 0.0423. The summed E-state index contributed by atoms with van der Waals surface area (Å²) in [5.74, 6) is 0. The van der Waals surface area contributed by atoms with Crippen LogP contribution in [0, 0.1) is 0 Å². The van der Waals surface area contributed by atoms with Crippen molar-refractivity contribution in [3.05, 3.63) is 40.8 Å². The minimum Gasteiger partial charge on any atom is -0.360 e. The van der Waals surface area contributed by atoms with Gasteiger partial charge >= 0.3 is 0 Å². The summed E-state index contributed by atoms with van der Waals surface area (Å²) in [6.45, 7) is 8.00. The van der Waals surface area contributed by atoms with Gasteiger partial charge in [0.25, 0.3) is 0 Å². The molecule has 1 N–H and O–H groups in total. The van der Waals surface area contributed by atoms with E-state index in [9.17, 15) is 4.79 Å². The third-order valence-corrected chi connectivity index (χ3v) is 1.51. The predicted octanol–water partition coefficient (Wildman–Crippen LogP) is 2.98. The summed E-state index contributed by atoms with van der Waals surface area (Å²) in [4.78, 5) is 18.0. The van der Waals surface area contributed by atoms with Gasteiger partial charge in [-0.1, -0.05) is 27.7 Å². The van der Waals surface area contributed by atoms with Crippen molar-refractivity contribution < 1.29 is 0 Å². The zero-order chi connectivity index (χ0) is 11.7. The number of nitrogens with zero attached hydrogens (tertiary/aromatic N) is 1. The zero-order valence-corrected chi connectivity index (χ0v) is 9.74. The van der Waals surface area contributed by atoms with E-state index in [-0.39, 0.29) is 5.43 Å². The lowest BCUT2D eigenvalue weighted by atomic mass is 10.3. The molecule has 0 amide bonds. The van der Waals surface area contributed by atoms with Gasteiger partial charge in [-0.25, -0.2) is 0 Å². The molecule has 0 saturated heterocycles. The Balaban J connectivity index is 0.000000442. The summed E-state index contributed by atoms with van der Waals surface area (Å²) in [5, 5.41) is 0. The lowest BCUT2D eigenvalue weighted by molar-refractivity contribution is 1.31. The van der Waals surface area contributed by atoms with Crippen LogP contribution < -0.4 is 5.43 Å². The maximum absolute atomic E-state index is 11.1. The summed E-state index contributed by atoms with van der Waals surface area (Å²) >= 11 is 0. The third-order valence-electron chi connectivity index (χ3n) is 1.51. The molecule has 2 aromatic rings. The number of hydrogen-bond donors (Lipinski definition) is 1. The van der Waals surface area contributed by atoms with E-state index in [2.05, 4.69) is 9.97 Å². The lowest BCUT2D eigenvalue weighted by Crippen LogP contribution is -2.01. The average molecular weight is 206 g/mol. The van der Waals surface area contributed by atoms with Crippen LogP contribution in [0.3, 0.4) is 0 Å². The van der Waals surface area contributed by atoms with Crippen LogP contribution in [0.25, 0.3) is 11.0 Å². The normalized spacial score (nSPS) is 8.27. The highest BCUT2D eigenvalue weighted by atomic mass is 16.1. The van der Waals surface area contributed by atoms with Gasteiger partial charge in [-0.15, -0.1) is 0 Å². The molecule has 3 nitrogen and oxygen atoms in total. The molecule has 0 aliphatic carbocycles. The average Bonchev–Trinajstić information content (AvgIpc) is 2.35. The van der Waals surface area contributed by atoms with Crippen LogP contribution in [-0.2, 0) is 0 Å². The van der Waals surface area contributed by atoms with E-state index in [0.29, 0.717) is 5.52 Å². The summed E-state index contributed by atoms with van der Waals surface area (Å²) in [6.07, 6.45) is 3.23. The first-order valence-electron chi connectivity index (χ1n) is 5.30. The monoisotopic (exact) mass is 206 g/mol. The number of H-pyrrole nitrogens is 1. The van der Waals surface area contributed by atoms with E-state index in [1.165, 1.54) is 6.07 Å². The number of aromatic nitrogens is 2. The molecule has 0 aliphatic rings. The fourth-order valence-corrected chi connectivity index (χ4v) is 1.00. The second kappa shape index (κ2) is 7.74. The lowest BCUT2D eigenvalue weighted by Gasteiger charge is -1.91. The first kappa shape index (κ1) is 13.4. The van der Waals surface area contributed by atoms with E-state index in [1.807, 2.05) is 33.8 Å². The fraction of sp³-hybridized carbons (Fsp3) is 0.333. The molecular weight excluding hydrogens is 188 g/mol. The van der Waals surface area contributed by atoms with Gasteiger partial charge in [-0.2, -0.15) is 0 Å². The summed E-state index contributed by atoms with van der Waals surface area (Å²) in [5.41, 5.74) is 1.23. The molecule has 0 spiro atoms. The van der Waals surface area contributed by atoms with Crippen molar-refractivity contribution in [3.8, 4) is 0 Å². The topological polar surface area (TPSA) is 45.8 Å². The van der Waals surface area contributed by atoms with Crippen LogP contribution in [0.5, 0.6) is 0 Å². The van der Waals surface area contributed by atoms with Crippen LogP contribution >= 0.6 is 0 Å². The van der Waals surface area contributed by atoms with Gasteiger partial charge in [-0.3, -0.25) is 9.78 Å². The van der Waals surface area contributed by atoms with Crippen molar-refractivity contribution in [2.75, 3.05) is 0 Å². The van der Waals surface area contributed by atoms with Crippen LogP contribution in [0.4, 0.5) is 0 Å². The molecule has 3 heteroatoms. The Morgan fingerprint density at radius 1 is 1.13 bits per heavy atom. The fourth-order valence-electron chi connectivity index (χ4n) is 1.00. The van der Waals surface area contributed by atoms with Crippen molar-refractivity contribution in [1.29, 1.82) is 0 Å². The highest BCUT2D eigenvalue weighted by Gasteiger charge is 1.94.